The van der Waals surface area contributed by atoms with E-state index in [-0.39, 0.29) is 58.5 Å². The first-order valence-corrected chi connectivity index (χ1v) is 26.3. The maximum absolute atomic E-state index is 18.0. The SMILES string of the molecule is COc1nc(-c2c(C)c(Cl)cc3c2cnn3C2CCCCO2)c(F)c2nc(OC[C@]34CCC[C@H]3N(C(=O)OC(C)(C)C)CCC4)nc(N3CCOC[C@@](C)(O[Si](C)(C)C(C)(C)C)C3)c12. The summed E-state index contributed by atoms with van der Waals surface area (Å²) in [7, 11) is -0.773. The zero-order valence-corrected chi connectivity index (χ0v) is 41.4. The van der Waals surface area contributed by atoms with Crippen molar-refractivity contribution in [1.29, 1.82) is 0 Å². The van der Waals surface area contributed by atoms with Gasteiger partial charge in [-0.2, -0.15) is 15.1 Å². The molecule has 0 radical (unpaired) electrons. The van der Waals surface area contributed by atoms with Gasteiger partial charge < -0.3 is 37.9 Å². The molecule has 3 aromatic heterocycles. The lowest BCUT2D eigenvalue weighted by Crippen LogP contribution is -2.55. The molecule has 1 unspecified atom stereocenters. The summed E-state index contributed by atoms with van der Waals surface area (Å²) in [4.78, 5) is 32.5. The maximum Gasteiger partial charge on any atom is 0.410 e. The molecule has 64 heavy (non-hydrogen) atoms. The number of aromatic nitrogens is 5. The first-order chi connectivity index (χ1) is 30.1. The molecule has 8 rings (SSSR count). The number of ether oxygens (including phenoxy) is 5. The first kappa shape index (κ1) is 46.7. The number of carbonyl (C=O) groups excluding carboxylic acids is 1. The van der Waals surface area contributed by atoms with Gasteiger partial charge in [-0.25, -0.2) is 18.9 Å². The molecule has 6 heterocycles. The van der Waals surface area contributed by atoms with E-state index < -0.39 is 25.3 Å². The topological polar surface area (TPSA) is 135 Å². The van der Waals surface area contributed by atoms with Crippen LogP contribution in [0, 0.1) is 18.2 Å². The lowest BCUT2D eigenvalue weighted by molar-refractivity contribution is -0.0366. The second-order valence-electron chi connectivity index (χ2n) is 21.2. The Morgan fingerprint density at radius 2 is 1.80 bits per heavy atom. The maximum atomic E-state index is 18.0. The Balaban J connectivity index is 1.26. The summed E-state index contributed by atoms with van der Waals surface area (Å²) in [6, 6.07) is 1.80. The molecular formula is C47H67ClFN7O7Si. The van der Waals surface area contributed by atoms with Gasteiger partial charge in [0.05, 0.1) is 44.2 Å². The van der Waals surface area contributed by atoms with Gasteiger partial charge >= 0.3 is 12.1 Å². The highest BCUT2D eigenvalue weighted by Crippen LogP contribution is 2.49. The fourth-order valence-corrected chi connectivity index (χ4v) is 11.9. The molecule has 350 valence electrons. The Kier molecular flexibility index (Phi) is 12.7. The number of hydrogen-bond donors (Lipinski definition) is 0. The largest absolute Gasteiger partial charge is 0.480 e. The predicted molar refractivity (Wildman–Crippen MR) is 249 cm³/mol. The number of pyridine rings is 1. The van der Waals surface area contributed by atoms with Crippen LogP contribution in [-0.2, 0) is 18.6 Å². The van der Waals surface area contributed by atoms with Gasteiger partial charge in [0.25, 0.3) is 0 Å². The van der Waals surface area contributed by atoms with Gasteiger partial charge in [0, 0.05) is 53.7 Å². The molecule has 1 saturated carbocycles. The van der Waals surface area contributed by atoms with Gasteiger partial charge in [0.2, 0.25) is 5.88 Å². The second-order valence-corrected chi connectivity index (χ2v) is 26.3. The van der Waals surface area contributed by atoms with Gasteiger partial charge in [0.15, 0.2) is 20.4 Å². The van der Waals surface area contributed by atoms with Gasteiger partial charge in [-0.05, 0) is 109 Å². The molecule has 3 saturated heterocycles. The fourth-order valence-electron chi connectivity index (χ4n) is 10.1. The smallest absolute Gasteiger partial charge is 0.410 e. The Hall–Kier alpha value is -3.83. The zero-order chi connectivity index (χ0) is 46.0. The van der Waals surface area contributed by atoms with Crippen molar-refractivity contribution in [3.05, 3.63) is 28.7 Å². The average Bonchev–Trinajstić information content (AvgIpc) is 3.80. The number of piperidine rings is 1. The molecule has 4 atom stereocenters. The summed E-state index contributed by atoms with van der Waals surface area (Å²) in [5.41, 5.74) is 0.150. The quantitative estimate of drug-likeness (QED) is 0.148. The van der Waals surface area contributed by atoms with Crippen LogP contribution in [0.15, 0.2) is 12.3 Å². The summed E-state index contributed by atoms with van der Waals surface area (Å²) in [6.07, 6.45) is 8.27. The van der Waals surface area contributed by atoms with Crippen molar-refractivity contribution in [3.8, 4) is 23.1 Å². The molecule has 0 bridgehead atoms. The van der Waals surface area contributed by atoms with E-state index in [9.17, 15) is 4.79 Å². The molecule has 4 aliphatic rings. The van der Waals surface area contributed by atoms with Crippen molar-refractivity contribution in [3.63, 3.8) is 0 Å². The molecule has 4 fully saturated rings. The van der Waals surface area contributed by atoms with Gasteiger partial charge in [-0.3, -0.25) is 0 Å². The number of fused-ring (bicyclic) bond motifs is 3. The third-order valence-corrected chi connectivity index (χ3v) is 19.2. The molecule has 14 nitrogen and oxygen atoms in total. The molecular weight excluding hydrogens is 857 g/mol. The Labute approximate surface area is 382 Å². The van der Waals surface area contributed by atoms with Crippen molar-refractivity contribution in [2.45, 2.75) is 148 Å². The van der Waals surface area contributed by atoms with Crippen LogP contribution < -0.4 is 14.4 Å². The first-order valence-electron chi connectivity index (χ1n) is 23.0. The summed E-state index contributed by atoms with van der Waals surface area (Å²) >= 11 is 6.97. The highest BCUT2D eigenvalue weighted by atomic mass is 35.5. The molecule has 4 aromatic rings. The van der Waals surface area contributed by atoms with E-state index in [1.165, 1.54) is 7.11 Å². The molecule has 1 aliphatic carbocycles. The predicted octanol–water partition coefficient (Wildman–Crippen LogP) is 10.4. The Morgan fingerprint density at radius 1 is 1.03 bits per heavy atom. The summed E-state index contributed by atoms with van der Waals surface area (Å²) < 4.78 is 58.0. The number of carbonyl (C=O) groups is 1. The van der Waals surface area contributed by atoms with Crippen LogP contribution in [0.3, 0.4) is 0 Å². The van der Waals surface area contributed by atoms with E-state index in [4.69, 9.17) is 59.8 Å². The number of hydrogen-bond acceptors (Lipinski definition) is 12. The summed E-state index contributed by atoms with van der Waals surface area (Å²) in [5, 5.41) is 6.12. The Bertz CT molecular complexity index is 2400. The van der Waals surface area contributed by atoms with Crippen molar-refractivity contribution in [1.82, 2.24) is 29.6 Å². The van der Waals surface area contributed by atoms with Crippen molar-refractivity contribution in [2.75, 3.05) is 58.1 Å². The minimum absolute atomic E-state index is 0.00550. The van der Waals surface area contributed by atoms with E-state index in [0.717, 1.165) is 51.4 Å². The number of amides is 1. The highest BCUT2D eigenvalue weighted by molar-refractivity contribution is 6.74. The highest BCUT2D eigenvalue weighted by Gasteiger charge is 2.51. The van der Waals surface area contributed by atoms with E-state index >= 15 is 4.39 Å². The van der Waals surface area contributed by atoms with E-state index in [1.54, 1.807) is 6.20 Å². The van der Waals surface area contributed by atoms with Crippen molar-refractivity contribution >= 4 is 53.6 Å². The van der Waals surface area contributed by atoms with Crippen LogP contribution in [0.2, 0.25) is 23.2 Å². The molecule has 0 N–H and O–H groups in total. The third-order valence-electron chi connectivity index (χ3n) is 14.1. The minimum Gasteiger partial charge on any atom is -0.480 e. The molecule has 3 aliphatic heterocycles. The zero-order valence-electron chi connectivity index (χ0n) is 39.7. The van der Waals surface area contributed by atoms with Gasteiger partial charge in [-0.15, -0.1) is 0 Å². The number of anilines is 1. The standard InChI is InChI=1S/C47H67ClFN7O7Si/c1-29-31(48)24-32-30(25-50-56(32)34-17-12-13-22-60-34)35(29)38-37(49)39-36(41(51-38)58-9)40(54-21-23-59-27-46(8,26-54)63-64(10,11)45(5,6)7)53-42(52-39)61-28-47-18-14-16-33(47)55(20-15-19-47)43(57)62-44(2,3)4/h24-25,33-34H,12-23,26-28H2,1-11H3/t33-,34?,46+,47-/m1/s1. The van der Waals surface area contributed by atoms with Gasteiger partial charge in [0.1, 0.15) is 28.0 Å². The number of halogens is 2. The third kappa shape index (κ3) is 8.90. The number of nitrogens with zero attached hydrogens (tertiary/aromatic N) is 7. The summed E-state index contributed by atoms with van der Waals surface area (Å²) in [6.45, 7) is 23.8. The average molecular weight is 925 g/mol. The van der Waals surface area contributed by atoms with Gasteiger partial charge in [-0.1, -0.05) is 38.8 Å². The number of methoxy groups -OCH3 is 1. The van der Waals surface area contributed by atoms with Crippen LogP contribution in [0.25, 0.3) is 33.1 Å². The van der Waals surface area contributed by atoms with Crippen LogP contribution >= 0.6 is 11.6 Å². The molecule has 0 spiro atoms. The van der Waals surface area contributed by atoms with Crippen LogP contribution in [0.1, 0.15) is 112 Å². The molecule has 1 amide bonds. The minimum atomic E-state index is -2.29. The lowest BCUT2D eigenvalue weighted by Gasteiger charge is -2.46. The van der Waals surface area contributed by atoms with E-state index in [0.29, 0.717) is 77.7 Å². The second kappa shape index (κ2) is 17.4. The number of benzene rings is 1. The van der Waals surface area contributed by atoms with Crippen molar-refractivity contribution in [2.24, 2.45) is 5.41 Å². The van der Waals surface area contributed by atoms with E-state index in [1.807, 2.05) is 43.3 Å². The van der Waals surface area contributed by atoms with Crippen LogP contribution in [0.4, 0.5) is 15.0 Å². The summed E-state index contributed by atoms with van der Waals surface area (Å²) in [5.74, 6) is -0.120. The molecule has 17 heteroatoms. The number of rotatable bonds is 9. The molecule has 1 aromatic carbocycles. The van der Waals surface area contributed by atoms with Crippen molar-refractivity contribution < 1.29 is 37.3 Å². The van der Waals surface area contributed by atoms with Crippen LogP contribution in [0.5, 0.6) is 11.9 Å². The monoisotopic (exact) mass is 923 g/mol. The lowest BCUT2D eigenvalue weighted by atomic mass is 9.75. The fraction of sp³-hybridized carbons (Fsp3) is 0.681. The van der Waals surface area contributed by atoms with E-state index in [2.05, 4.69) is 45.7 Å². The number of likely N-dealkylation sites (tertiary alicyclic amines) is 1. The van der Waals surface area contributed by atoms with Crippen LogP contribution in [-0.4, -0.2) is 114 Å². The Morgan fingerprint density at radius 3 is 2.50 bits per heavy atom. The normalized spacial score (nSPS) is 24.8.